The Morgan fingerprint density at radius 1 is 0.870 bits per heavy atom. The summed E-state index contributed by atoms with van der Waals surface area (Å²) in [5.74, 6) is -0.522. The first-order chi connectivity index (χ1) is 25.2. The average Bonchev–Trinajstić information content (AvgIpc) is 3.31. The molecule has 302 valence electrons. The summed E-state index contributed by atoms with van der Waals surface area (Å²) in [6.07, 6.45) is 5.98. The number of rotatable bonds is 23. The van der Waals surface area contributed by atoms with Gasteiger partial charge in [0.25, 0.3) is 30.4 Å². The van der Waals surface area contributed by atoms with E-state index in [1.165, 1.54) is 24.3 Å². The smallest absolute Gasteiger partial charge is 0.294 e. The Morgan fingerprint density at radius 3 is 1.98 bits per heavy atom. The van der Waals surface area contributed by atoms with Crippen LogP contribution >= 0.6 is 0 Å². The Bertz CT molecular complexity index is 2010. The fourth-order valence-corrected chi connectivity index (χ4v) is 8.15. The standard InChI is InChI=1S/C37H53NO13S3/c1-7-38-34-15-14-31(54(45,46)47)27-33(34)37(5,17-18-49-21-22-51-24-23-50-20-19-48-6)35(38)11-8-10-29(3)36(4,16-9-25-52(39,40)41)32-26-30(53(42,43)44)13-12-28(32)2/h8,10-15,26-27H,3,7,9,16-25H2,1-2,4-6H3,(H,39,40,41)(H,42,43,44)(H,45,46,47)/b10-8+,35-11+. The minimum Gasteiger partial charge on any atom is -0.382 e. The molecule has 0 fully saturated rings. The molecule has 1 aliphatic heterocycles. The lowest BCUT2D eigenvalue weighted by Crippen LogP contribution is -2.30. The lowest BCUT2D eigenvalue weighted by Gasteiger charge is -2.33. The van der Waals surface area contributed by atoms with Crippen LogP contribution in [0.3, 0.4) is 0 Å². The van der Waals surface area contributed by atoms with E-state index in [0.29, 0.717) is 81.5 Å². The van der Waals surface area contributed by atoms with Crippen LogP contribution in [-0.2, 0) is 60.1 Å². The predicted molar refractivity (Wildman–Crippen MR) is 206 cm³/mol. The molecule has 17 heteroatoms. The molecule has 3 rings (SSSR count). The van der Waals surface area contributed by atoms with Gasteiger partial charge in [-0.2, -0.15) is 25.3 Å². The Labute approximate surface area is 320 Å². The van der Waals surface area contributed by atoms with Crippen molar-refractivity contribution >= 4 is 36.0 Å². The second kappa shape index (κ2) is 19.3. The van der Waals surface area contributed by atoms with Crippen molar-refractivity contribution in [2.75, 3.05) is 70.6 Å². The topological polar surface area (TPSA) is 203 Å². The molecule has 0 saturated heterocycles. The maximum Gasteiger partial charge on any atom is 0.294 e. The van der Waals surface area contributed by atoms with Crippen LogP contribution in [0.15, 0.2) is 82.3 Å². The lowest BCUT2D eigenvalue weighted by molar-refractivity contribution is 0.00221. The second-order valence-corrected chi connectivity index (χ2v) is 17.8. The van der Waals surface area contributed by atoms with E-state index in [9.17, 15) is 38.9 Å². The summed E-state index contributed by atoms with van der Waals surface area (Å²) >= 11 is 0. The molecule has 0 radical (unpaired) electrons. The first-order valence-corrected chi connectivity index (χ1v) is 21.9. The number of aryl methyl sites for hydroxylation is 1. The zero-order valence-electron chi connectivity index (χ0n) is 31.5. The van der Waals surface area contributed by atoms with Gasteiger partial charge >= 0.3 is 0 Å². The molecule has 2 unspecified atom stereocenters. The van der Waals surface area contributed by atoms with Crippen LogP contribution in [0.5, 0.6) is 0 Å². The van der Waals surface area contributed by atoms with E-state index in [-0.39, 0.29) is 22.6 Å². The fraction of sp³-hybridized carbons (Fsp3) is 0.514. The number of fused-ring (bicyclic) bond motifs is 1. The minimum atomic E-state index is -4.56. The third kappa shape index (κ3) is 12.0. The van der Waals surface area contributed by atoms with Crippen LogP contribution in [0, 0.1) is 6.92 Å². The molecule has 0 spiro atoms. The van der Waals surface area contributed by atoms with Gasteiger partial charge < -0.3 is 23.8 Å². The summed E-state index contributed by atoms with van der Waals surface area (Å²) in [5, 5.41) is 0. The summed E-state index contributed by atoms with van der Waals surface area (Å²) in [5.41, 5.74) is 2.10. The third-order valence-electron chi connectivity index (χ3n) is 9.69. The third-order valence-corrected chi connectivity index (χ3v) is 12.2. The zero-order valence-corrected chi connectivity index (χ0v) is 33.9. The number of anilines is 1. The van der Waals surface area contributed by atoms with Gasteiger partial charge in [-0.25, -0.2) is 0 Å². The van der Waals surface area contributed by atoms with Gasteiger partial charge in [0.05, 0.1) is 55.2 Å². The maximum atomic E-state index is 12.2. The highest BCUT2D eigenvalue weighted by Gasteiger charge is 2.43. The van der Waals surface area contributed by atoms with Gasteiger partial charge in [0, 0.05) is 42.5 Å². The SMILES string of the molecule is C=C(/C=C/C=C1/N(CC)c2ccc(S(=O)(=O)O)cc2C1(C)CCOCCOCCOCCOC)C(C)(CCCS(=O)(=O)O)c1cc(S(=O)(=O)O)ccc1C. The molecule has 0 bridgehead atoms. The molecule has 14 nitrogen and oxygen atoms in total. The Balaban J connectivity index is 1.96. The number of benzene rings is 2. The molecule has 1 heterocycles. The van der Waals surface area contributed by atoms with E-state index >= 15 is 0 Å². The van der Waals surface area contributed by atoms with Gasteiger partial charge in [-0.3, -0.25) is 13.7 Å². The van der Waals surface area contributed by atoms with Gasteiger partial charge in [-0.05, 0) is 98.7 Å². The molecular weight excluding hydrogens is 763 g/mol. The molecule has 2 aromatic rings. The molecule has 2 aromatic carbocycles. The van der Waals surface area contributed by atoms with Crippen molar-refractivity contribution in [1.82, 2.24) is 0 Å². The molecule has 0 saturated carbocycles. The van der Waals surface area contributed by atoms with Gasteiger partial charge in [0.15, 0.2) is 0 Å². The van der Waals surface area contributed by atoms with Crippen molar-refractivity contribution in [2.45, 2.75) is 67.6 Å². The van der Waals surface area contributed by atoms with Crippen LogP contribution in [0.4, 0.5) is 5.69 Å². The van der Waals surface area contributed by atoms with Crippen LogP contribution in [0.25, 0.3) is 0 Å². The minimum absolute atomic E-state index is 0.0269. The van der Waals surface area contributed by atoms with Crippen molar-refractivity contribution in [3.63, 3.8) is 0 Å². The monoisotopic (exact) mass is 815 g/mol. The van der Waals surface area contributed by atoms with E-state index in [4.69, 9.17) is 18.9 Å². The molecule has 3 N–H and O–H groups in total. The predicted octanol–water partition coefficient (Wildman–Crippen LogP) is 5.29. The average molecular weight is 816 g/mol. The molecule has 2 atom stereocenters. The Hall–Kier alpha value is -2.97. The summed E-state index contributed by atoms with van der Waals surface area (Å²) in [6.45, 7) is 15.0. The molecule has 1 aliphatic rings. The highest BCUT2D eigenvalue weighted by atomic mass is 32.2. The zero-order chi connectivity index (χ0) is 40.4. The Morgan fingerprint density at radius 2 is 1.43 bits per heavy atom. The number of nitrogens with zero attached hydrogens (tertiary/aromatic N) is 1. The van der Waals surface area contributed by atoms with Gasteiger partial charge in [0.1, 0.15) is 0 Å². The number of likely N-dealkylation sites (N-methyl/N-ethyl adjacent to an activating group) is 1. The van der Waals surface area contributed by atoms with E-state index in [1.54, 1.807) is 45.2 Å². The molecular formula is C37H53NO13S3. The van der Waals surface area contributed by atoms with E-state index in [1.807, 2.05) is 24.8 Å². The molecule has 54 heavy (non-hydrogen) atoms. The van der Waals surface area contributed by atoms with Crippen LogP contribution < -0.4 is 4.90 Å². The normalized spacial score (nSPS) is 18.4. The van der Waals surface area contributed by atoms with Crippen molar-refractivity contribution in [3.8, 4) is 0 Å². The van der Waals surface area contributed by atoms with Gasteiger partial charge in [0.2, 0.25) is 0 Å². The summed E-state index contributed by atoms with van der Waals surface area (Å²) in [6, 6.07) is 8.65. The summed E-state index contributed by atoms with van der Waals surface area (Å²) in [4.78, 5) is 1.47. The van der Waals surface area contributed by atoms with Crippen LogP contribution in [0.2, 0.25) is 0 Å². The first-order valence-electron chi connectivity index (χ1n) is 17.4. The number of allylic oxidation sites excluding steroid dienone is 5. The van der Waals surface area contributed by atoms with E-state index < -0.39 is 46.9 Å². The number of ether oxygens (including phenoxy) is 4. The molecule has 0 aromatic heterocycles. The van der Waals surface area contributed by atoms with Crippen molar-refractivity contribution in [2.24, 2.45) is 0 Å². The summed E-state index contributed by atoms with van der Waals surface area (Å²) in [7, 11) is -11.7. The lowest BCUT2D eigenvalue weighted by atomic mass is 9.71. The number of hydrogen-bond acceptors (Lipinski definition) is 11. The van der Waals surface area contributed by atoms with Gasteiger partial charge in [-0.15, -0.1) is 0 Å². The largest absolute Gasteiger partial charge is 0.382 e. The highest BCUT2D eigenvalue weighted by molar-refractivity contribution is 7.86. The van der Waals surface area contributed by atoms with Crippen LogP contribution in [0.1, 0.15) is 56.7 Å². The quantitative estimate of drug-likeness (QED) is 0.0741. The maximum absolute atomic E-state index is 12.2. The number of methoxy groups -OCH3 is 1. The van der Waals surface area contributed by atoms with Crippen molar-refractivity contribution in [1.29, 1.82) is 0 Å². The fourth-order valence-electron chi connectivity index (χ4n) is 6.63. The van der Waals surface area contributed by atoms with E-state index in [2.05, 4.69) is 6.58 Å². The van der Waals surface area contributed by atoms with E-state index in [0.717, 1.165) is 11.4 Å². The Kier molecular flexibility index (Phi) is 16.2. The van der Waals surface area contributed by atoms with Gasteiger partial charge in [-0.1, -0.05) is 31.7 Å². The van der Waals surface area contributed by atoms with Crippen molar-refractivity contribution in [3.05, 3.63) is 89.2 Å². The summed E-state index contributed by atoms with van der Waals surface area (Å²) < 4.78 is 123. The first kappa shape index (κ1) is 45.4. The molecule has 0 aliphatic carbocycles. The second-order valence-electron chi connectivity index (χ2n) is 13.4. The molecule has 0 amide bonds. The highest BCUT2D eigenvalue weighted by Crippen LogP contribution is 2.50. The van der Waals surface area contributed by atoms with Crippen molar-refractivity contribution < 1.29 is 57.9 Å². The van der Waals surface area contributed by atoms with Crippen LogP contribution in [-0.4, -0.2) is 105 Å². The number of hydrogen-bond donors (Lipinski definition) is 3.